The zero-order valence-corrected chi connectivity index (χ0v) is 6.93. The maximum atomic E-state index is 11.2. The van der Waals surface area contributed by atoms with Crippen molar-refractivity contribution in [1.29, 1.82) is 0 Å². The molecule has 1 atom stereocenters. The molecule has 0 amide bonds. The summed E-state index contributed by atoms with van der Waals surface area (Å²) in [5.41, 5.74) is 0.00993. The molecule has 2 saturated carbocycles. The van der Waals surface area contributed by atoms with E-state index in [1.54, 1.807) is 0 Å². The summed E-state index contributed by atoms with van der Waals surface area (Å²) in [4.78, 5) is 11.2. The summed E-state index contributed by atoms with van der Waals surface area (Å²) in [6, 6.07) is 0. The summed E-state index contributed by atoms with van der Waals surface area (Å²) < 4.78 is 5.49. The molecule has 0 radical (unpaired) electrons. The van der Waals surface area contributed by atoms with Gasteiger partial charge in [-0.05, 0) is 19.8 Å². The second-order valence-corrected chi connectivity index (χ2v) is 3.58. The molecule has 0 heterocycles. The summed E-state index contributed by atoms with van der Waals surface area (Å²) in [5.74, 6) is 0.446. The van der Waals surface area contributed by atoms with Crippen LogP contribution in [0.4, 0.5) is 0 Å². The first-order valence-corrected chi connectivity index (χ1v) is 4.44. The Morgan fingerprint density at radius 1 is 1.64 bits per heavy atom. The van der Waals surface area contributed by atoms with Gasteiger partial charge in [-0.2, -0.15) is 0 Å². The molecule has 62 valence electrons. The van der Waals surface area contributed by atoms with Crippen LogP contribution in [0, 0.1) is 5.41 Å². The summed E-state index contributed by atoms with van der Waals surface area (Å²) >= 11 is 0. The van der Waals surface area contributed by atoms with Crippen molar-refractivity contribution in [2.75, 3.05) is 6.61 Å². The molecule has 11 heavy (non-hydrogen) atoms. The fourth-order valence-electron chi connectivity index (χ4n) is 2.19. The highest BCUT2D eigenvalue weighted by Gasteiger charge is 2.58. The molecule has 0 N–H and O–H groups in total. The van der Waals surface area contributed by atoms with Crippen molar-refractivity contribution in [1.82, 2.24) is 0 Å². The van der Waals surface area contributed by atoms with Crippen molar-refractivity contribution >= 4 is 5.78 Å². The van der Waals surface area contributed by atoms with Gasteiger partial charge in [-0.25, -0.2) is 0 Å². The minimum Gasteiger partial charge on any atom is -0.377 e. The standard InChI is InChI=1S/C9H14O2/c1-2-11-8-6-7(10)9(8)4-3-5-9/h8H,2-6H2,1H3/t8-/m0/s1. The van der Waals surface area contributed by atoms with Crippen LogP contribution in [-0.2, 0) is 9.53 Å². The fourth-order valence-corrected chi connectivity index (χ4v) is 2.19. The Morgan fingerprint density at radius 3 is 2.73 bits per heavy atom. The number of rotatable bonds is 2. The predicted octanol–water partition coefficient (Wildman–Crippen LogP) is 1.53. The number of hydrogen-bond donors (Lipinski definition) is 0. The summed E-state index contributed by atoms with van der Waals surface area (Å²) in [5, 5.41) is 0. The Balaban J connectivity index is 1.99. The molecule has 0 aromatic carbocycles. The van der Waals surface area contributed by atoms with Crippen molar-refractivity contribution < 1.29 is 9.53 Å². The lowest BCUT2D eigenvalue weighted by Crippen LogP contribution is -2.59. The third-order valence-electron chi connectivity index (χ3n) is 3.16. The van der Waals surface area contributed by atoms with E-state index in [1.807, 2.05) is 6.92 Å². The van der Waals surface area contributed by atoms with E-state index in [4.69, 9.17) is 4.74 Å². The van der Waals surface area contributed by atoms with Gasteiger partial charge in [0.15, 0.2) is 0 Å². The van der Waals surface area contributed by atoms with Gasteiger partial charge in [0.05, 0.1) is 11.5 Å². The zero-order valence-electron chi connectivity index (χ0n) is 6.93. The Labute approximate surface area is 66.9 Å². The van der Waals surface area contributed by atoms with Crippen LogP contribution < -0.4 is 0 Å². The SMILES string of the molecule is CCO[C@H]1CC(=O)C12CCC2. The molecule has 2 heteroatoms. The maximum absolute atomic E-state index is 11.2. The largest absolute Gasteiger partial charge is 0.377 e. The lowest BCUT2D eigenvalue weighted by molar-refractivity contribution is -0.176. The van der Waals surface area contributed by atoms with Gasteiger partial charge in [-0.1, -0.05) is 6.42 Å². The highest BCUT2D eigenvalue weighted by Crippen LogP contribution is 2.54. The van der Waals surface area contributed by atoms with Gasteiger partial charge in [0.25, 0.3) is 0 Å². The van der Waals surface area contributed by atoms with Crippen molar-refractivity contribution in [2.45, 2.75) is 38.7 Å². The van der Waals surface area contributed by atoms with Gasteiger partial charge >= 0.3 is 0 Å². The molecule has 2 aliphatic carbocycles. The number of carbonyl (C=O) groups is 1. The summed E-state index contributed by atoms with van der Waals surface area (Å²) in [7, 11) is 0. The van der Waals surface area contributed by atoms with Gasteiger partial charge in [-0.3, -0.25) is 4.79 Å². The number of Topliss-reactive ketones (excluding diaryl/α,β-unsaturated/α-hetero) is 1. The second kappa shape index (κ2) is 2.31. The predicted molar refractivity (Wildman–Crippen MR) is 41.3 cm³/mol. The van der Waals surface area contributed by atoms with Crippen LogP contribution in [0.25, 0.3) is 0 Å². The molecule has 2 fully saturated rings. The normalized spacial score (nSPS) is 33.2. The molecule has 0 unspecified atom stereocenters. The van der Waals surface area contributed by atoms with Crippen LogP contribution in [0.5, 0.6) is 0 Å². The average Bonchev–Trinajstić information content (AvgIpc) is 1.83. The smallest absolute Gasteiger partial charge is 0.144 e. The van der Waals surface area contributed by atoms with Gasteiger partial charge in [0.1, 0.15) is 5.78 Å². The number of ketones is 1. The quantitative estimate of drug-likeness (QED) is 0.603. The molecule has 0 aliphatic heterocycles. The minimum absolute atomic E-state index is 0.00993. The molecule has 1 spiro atoms. The van der Waals surface area contributed by atoms with Gasteiger partial charge in [0, 0.05) is 13.0 Å². The van der Waals surface area contributed by atoms with Crippen LogP contribution in [0.2, 0.25) is 0 Å². The van der Waals surface area contributed by atoms with Crippen LogP contribution in [0.1, 0.15) is 32.6 Å². The van der Waals surface area contributed by atoms with E-state index in [0.717, 1.165) is 19.4 Å². The maximum Gasteiger partial charge on any atom is 0.144 e. The van der Waals surface area contributed by atoms with E-state index in [1.165, 1.54) is 6.42 Å². The highest BCUT2D eigenvalue weighted by atomic mass is 16.5. The second-order valence-electron chi connectivity index (χ2n) is 3.58. The minimum atomic E-state index is 0.00993. The third kappa shape index (κ3) is 0.791. The highest BCUT2D eigenvalue weighted by molar-refractivity contribution is 5.93. The van der Waals surface area contributed by atoms with Crippen molar-refractivity contribution in [3.8, 4) is 0 Å². The topological polar surface area (TPSA) is 26.3 Å². The van der Waals surface area contributed by atoms with Crippen molar-refractivity contribution in [3.63, 3.8) is 0 Å². The molecule has 2 aliphatic rings. The van der Waals surface area contributed by atoms with E-state index in [2.05, 4.69) is 0 Å². The third-order valence-corrected chi connectivity index (χ3v) is 3.16. The number of carbonyl (C=O) groups excluding carboxylic acids is 1. The number of ether oxygens (including phenoxy) is 1. The molecule has 0 saturated heterocycles. The van der Waals surface area contributed by atoms with Crippen LogP contribution in [-0.4, -0.2) is 18.5 Å². The van der Waals surface area contributed by atoms with E-state index in [0.29, 0.717) is 12.2 Å². The molecule has 2 rings (SSSR count). The Bertz CT molecular complexity index is 182. The average molecular weight is 154 g/mol. The molecule has 2 nitrogen and oxygen atoms in total. The van der Waals surface area contributed by atoms with Crippen LogP contribution in [0.15, 0.2) is 0 Å². The Kier molecular flexibility index (Phi) is 1.53. The van der Waals surface area contributed by atoms with Crippen molar-refractivity contribution in [2.24, 2.45) is 5.41 Å². The molecular weight excluding hydrogens is 140 g/mol. The first kappa shape index (κ1) is 7.29. The number of hydrogen-bond acceptors (Lipinski definition) is 2. The Morgan fingerprint density at radius 2 is 2.36 bits per heavy atom. The van der Waals surface area contributed by atoms with Gasteiger partial charge < -0.3 is 4.74 Å². The fraction of sp³-hybridized carbons (Fsp3) is 0.889. The van der Waals surface area contributed by atoms with Crippen LogP contribution in [0.3, 0.4) is 0 Å². The lowest BCUT2D eigenvalue weighted by Gasteiger charge is -2.53. The zero-order chi connectivity index (χ0) is 7.90. The van der Waals surface area contributed by atoms with Gasteiger partial charge in [-0.15, -0.1) is 0 Å². The first-order chi connectivity index (χ1) is 5.29. The van der Waals surface area contributed by atoms with Crippen LogP contribution >= 0.6 is 0 Å². The molecule has 0 aromatic heterocycles. The first-order valence-electron chi connectivity index (χ1n) is 4.44. The molecule has 0 bridgehead atoms. The van der Waals surface area contributed by atoms with E-state index >= 15 is 0 Å². The summed E-state index contributed by atoms with van der Waals surface area (Å²) in [6.07, 6.45) is 4.32. The van der Waals surface area contributed by atoms with Crippen molar-refractivity contribution in [3.05, 3.63) is 0 Å². The van der Waals surface area contributed by atoms with E-state index < -0.39 is 0 Å². The molecular formula is C9H14O2. The van der Waals surface area contributed by atoms with Gasteiger partial charge in [0.2, 0.25) is 0 Å². The summed E-state index contributed by atoms with van der Waals surface area (Å²) in [6.45, 7) is 2.74. The van der Waals surface area contributed by atoms with E-state index in [9.17, 15) is 4.79 Å². The van der Waals surface area contributed by atoms with E-state index in [-0.39, 0.29) is 11.5 Å². The monoisotopic (exact) mass is 154 g/mol. The lowest BCUT2D eigenvalue weighted by atomic mass is 9.53. The molecule has 0 aromatic rings. The Hall–Kier alpha value is -0.370.